The molecule has 0 aliphatic carbocycles. The maximum absolute atomic E-state index is 11.9. The molecule has 0 unspecified atom stereocenters. The van der Waals surface area contributed by atoms with Gasteiger partial charge in [0.15, 0.2) is 0 Å². The molecule has 8 nitrogen and oxygen atoms in total. The van der Waals surface area contributed by atoms with Gasteiger partial charge in [-0.3, -0.25) is 4.79 Å². The van der Waals surface area contributed by atoms with Crippen LogP contribution in [0.4, 0.5) is 11.8 Å². The lowest BCUT2D eigenvalue weighted by atomic mass is 10.2. The van der Waals surface area contributed by atoms with Crippen molar-refractivity contribution in [2.45, 2.75) is 40.2 Å². The predicted octanol–water partition coefficient (Wildman–Crippen LogP) is 1.55. The number of rotatable bonds is 4. The van der Waals surface area contributed by atoms with Crippen molar-refractivity contribution < 1.29 is 4.79 Å². The Balaban J connectivity index is 1.78. The minimum Gasteiger partial charge on any atom is -0.354 e. The first kappa shape index (κ1) is 18.0. The molecule has 3 heterocycles. The molecular weight excluding hydrogens is 330 g/mol. The highest BCUT2D eigenvalue weighted by molar-refractivity contribution is 5.90. The zero-order valence-electron chi connectivity index (χ0n) is 15.9. The fourth-order valence-corrected chi connectivity index (χ4v) is 3.18. The Hall–Kier alpha value is -2.77. The second kappa shape index (κ2) is 7.23. The molecule has 2 aromatic heterocycles. The number of aromatic nitrogens is 4. The molecule has 2 aromatic rings. The van der Waals surface area contributed by atoms with Crippen molar-refractivity contribution in [3.63, 3.8) is 0 Å². The molecule has 0 aromatic carbocycles. The van der Waals surface area contributed by atoms with Gasteiger partial charge in [-0.05, 0) is 40.2 Å². The van der Waals surface area contributed by atoms with E-state index in [1.54, 1.807) is 7.05 Å². The lowest BCUT2D eigenvalue weighted by Crippen LogP contribution is -2.29. The van der Waals surface area contributed by atoms with E-state index in [1.165, 1.54) is 0 Å². The van der Waals surface area contributed by atoms with Crippen molar-refractivity contribution in [1.29, 1.82) is 0 Å². The Morgan fingerprint density at radius 2 is 1.81 bits per heavy atom. The number of nitrogens with one attached hydrogen (secondary N) is 2. The molecule has 1 saturated heterocycles. The van der Waals surface area contributed by atoms with E-state index in [1.807, 2.05) is 33.8 Å². The Labute approximate surface area is 153 Å². The van der Waals surface area contributed by atoms with Gasteiger partial charge in [-0.25, -0.2) is 19.9 Å². The van der Waals surface area contributed by atoms with Gasteiger partial charge in [0.2, 0.25) is 11.8 Å². The molecule has 1 amide bonds. The second-order valence-corrected chi connectivity index (χ2v) is 6.71. The van der Waals surface area contributed by atoms with E-state index >= 15 is 0 Å². The fraction of sp³-hybridized carbons (Fsp3) is 0.500. The zero-order chi connectivity index (χ0) is 18.8. The van der Waals surface area contributed by atoms with Gasteiger partial charge < -0.3 is 15.5 Å². The van der Waals surface area contributed by atoms with Crippen molar-refractivity contribution in [3.05, 3.63) is 34.5 Å². The van der Waals surface area contributed by atoms with Crippen molar-refractivity contribution >= 4 is 17.7 Å². The Bertz CT molecular complexity index is 816. The molecule has 1 aliphatic heterocycles. The predicted molar refractivity (Wildman–Crippen MR) is 101 cm³/mol. The second-order valence-electron chi connectivity index (χ2n) is 6.71. The van der Waals surface area contributed by atoms with Crippen LogP contribution in [0.3, 0.4) is 0 Å². The van der Waals surface area contributed by atoms with Crippen LogP contribution in [0.15, 0.2) is 6.07 Å². The summed E-state index contributed by atoms with van der Waals surface area (Å²) in [5.74, 6) is 1.42. The van der Waals surface area contributed by atoms with Crippen LogP contribution in [-0.4, -0.2) is 52.0 Å². The Morgan fingerprint density at radius 3 is 2.46 bits per heavy atom. The normalized spacial score (nSPS) is 16.7. The third-order valence-electron chi connectivity index (χ3n) is 4.60. The monoisotopic (exact) mass is 355 g/mol. The molecule has 1 aliphatic rings. The zero-order valence-corrected chi connectivity index (χ0v) is 15.9. The summed E-state index contributed by atoms with van der Waals surface area (Å²) in [7, 11) is 1.58. The number of amides is 1. The van der Waals surface area contributed by atoms with Gasteiger partial charge in [0.05, 0.1) is 0 Å². The first-order valence-electron chi connectivity index (χ1n) is 8.78. The average Bonchev–Trinajstić information content (AvgIpc) is 3.03. The minimum atomic E-state index is -0.271. The van der Waals surface area contributed by atoms with Gasteiger partial charge in [-0.15, -0.1) is 0 Å². The molecule has 2 N–H and O–H groups in total. The van der Waals surface area contributed by atoms with Crippen LogP contribution in [0.25, 0.3) is 0 Å². The lowest BCUT2D eigenvalue weighted by Gasteiger charge is -2.21. The summed E-state index contributed by atoms with van der Waals surface area (Å²) < 4.78 is 0. The van der Waals surface area contributed by atoms with Crippen LogP contribution in [0, 0.1) is 27.7 Å². The fourth-order valence-electron chi connectivity index (χ4n) is 3.18. The molecule has 0 saturated carbocycles. The number of hydrogen-bond acceptors (Lipinski definition) is 7. The summed E-state index contributed by atoms with van der Waals surface area (Å²) in [4.78, 5) is 31.8. The summed E-state index contributed by atoms with van der Waals surface area (Å²) in [6.45, 7) is 9.46. The first-order valence-corrected chi connectivity index (χ1v) is 8.78. The average molecular weight is 355 g/mol. The summed E-state index contributed by atoms with van der Waals surface area (Å²) in [5.41, 5.74) is 3.73. The van der Waals surface area contributed by atoms with Gasteiger partial charge in [-0.1, -0.05) is 0 Å². The first-order chi connectivity index (χ1) is 12.4. The molecule has 138 valence electrons. The third-order valence-corrected chi connectivity index (χ3v) is 4.60. The highest BCUT2D eigenvalue weighted by atomic mass is 16.2. The van der Waals surface area contributed by atoms with Crippen molar-refractivity contribution in [2.24, 2.45) is 0 Å². The van der Waals surface area contributed by atoms with Crippen LogP contribution in [-0.2, 0) is 0 Å². The van der Waals surface area contributed by atoms with Gasteiger partial charge in [-0.2, -0.15) is 0 Å². The number of carbonyl (C=O) groups excluding carboxylic acids is 1. The smallest absolute Gasteiger partial charge is 0.288 e. The molecule has 8 heteroatoms. The maximum Gasteiger partial charge on any atom is 0.288 e. The highest BCUT2D eigenvalue weighted by Crippen LogP contribution is 2.25. The van der Waals surface area contributed by atoms with Crippen LogP contribution in [0.2, 0.25) is 0 Å². The van der Waals surface area contributed by atoms with Crippen LogP contribution in [0.1, 0.15) is 39.7 Å². The van der Waals surface area contributed by atoms with E-state index in [4.69, 9.17) is 0 Å². The van der Waals surface area contributed by atoms with Gasteiger partial charge >= 0.3 is 0 Å². The molecule has 0 bridgehead atoms. The van der Waals surface area contributed by atoms with E-state index in [2.05, 4.69) is 35.5 Å². The number of anilines is 2. The standard InChI is InChI=1S/C18H25N7O/c1-10-8-11(2)21-18(20-10)23-14-6-7-25(9-14)16-12(3)13(4)22-15(24-16)17(26)19-5/h8,14H,6-7,9H2,1-5H3,(H,19,26)(H,20,21,23)/t14-/m1/s1. The molecule has 0 radical (unpaired) electrons. The van der Waals surface area contributed by atoms with Gasteiger partial charge in [0.1, 0.15) is 5.82 Å². The molecular formula is C18H25N7O. The summed E-state index contributed by atoms with van der Waals surface area (Å²) in [6, 6.07) is 2.19. The van der Waals surface area contributed by atoms with Crippen molar-refractivity contribution in [2.75, 3.05) is 30.4 Å². The van der Waals surface area contributed by atoms with E-state index in [0.29, 0.717) is 5.95 Å². The number of nitrogens with zero attached hydrogens (tertiary/aromatic N) is 5. The minimum absolute atomic E-state index is 0.208. The lowest BCUT2D eigenvalue weighted by molar-refractivity contribution is 0.0952. The summed E-state index contributed by atoms with van der Waals surface area (Å²) in [6.07, 6.45) is 0.953. The third kappa shape index (κ3) is 3.74. The Morgan fingerprint density at radius 1 is 1.12 bits per heavy atom. The van der Waals surface area contributed by atoms with Gasteiger partial charge in [0.25, 0.3) is 5.91 Å². The van der Waals surface area contributed by atoms with Crippen LogP contribution in [0.5, 0.6) is 0 Å². The van der Waals surface area contributed by atoms with Crippen LogP contribution >= 0.6 is 0 Å². The van der Waals surface area contributed by atoms with Gasteiger partial charge in [0, 0.05) is 48.8 Å². The molecule has 1 atom stereocenters. The van der Waals surface area contributed by atoms with E-state index in [0.717, 1.165) is 48.0 Å². The largest absolute Gasteiger partial charge is 0.354 e. The number of aryl methyl sites for hydroxylation is 3. The summed E-state index contributed by atoms with van der Waals surface area (Å²) in [5, 5.41) is 6.00. The van der Waals surface area contributed by atoms with Crippen molar-refractivity contribution in [1.82, 2.24) is 25.3 Å². The molecule has 0 spiro atoms. The SMILES string of the molecule is CNC(=O)c1nc(C)c(C)c(N2CC[C@@H](Nc3nc(C)cc(C)n3)C2)n1. The maximum atomic E-state index is 11.9. The molecule has 1 fully saturated rings. The van der Waals surface area contributed by atoms with E-state index < -0.39 is 0 Å². The number of hydrogen-bond donors (Lipinski definition) is 2. The van der Waals surface area contributed by atoms with Crippen LogP contribution < -0.4 is 15.5 Å². The summed E-state index contributed by atoms with van der Waals surface area (Å²) >= 11 is 0. The molecule has 26 heavy (non-hydrogen) atoms. The van der Waals surface area contributed by atoms with E-state index in [-0.39, 0.29) is 17.8 Å². The Kier molecular flexibility index (Phi) is 5.01. The van der Waals surface area contributed by atoms with E-state index in [9.17, 15) is 4.79 Å². The topological polar surface area (TPSA) is 95.9 Å². The quantitative estimate of drug-likeness (QED) is 0.859. The number of carbonyl (C=O) groups is 1. The highest BCUT2D eigenvalue weighted by Gasteiger charge is 2.27. The molecule has 3 rings (SSSR count). The van der Waals surface area contributed by atoms with Crippen molar-refractivity contribution in [3.8, 4) is 0 Å².